The van der Waals surface area contributed by atoms with Crippen LogP contribution in [0.25, 0.3) is 0 Å². The fourth-order valence-electron chi connectivity index (χ4n) is 2.70. The molecule has 0 radical (unpaired) electrons. The lowest BCUT2D eigenvalue weighted by Gasteiger charge is -2.31. The van der Waals surface area contributed by atoms with Gasteiger partial charge in [-0.05, 0) is 38.1 Å². The molecule has 76 valence electrons. The first-order chi connectivity index (χ1) is 6.31. The molecule has 0 aromatic carbocycles. The predicted molar refractivity (Wildman–Crippen MR) is 55.6 cm³/mol. The Morgan fingerprint density at radius 1 is 1.46 bits per heavy atom. The van der Waals surface area contributed by atoms with Crippen LogP contribution in [0.3, 0.4) is 0 Å². The second kappa shape index (κ2) is 3.97. The molecular weight excluding hydrogens is 160 g/mol. The van der Waals surface area contributed by atoms with Gasteiger partial charge in [0.05, 0.1) is 0 Å². The highest BCUT2D eigenvalue weighted by Crippen LogP contribution is 2.40. The molecule has 0 aromatic heterocycles. The normalized spacial score (nSPS) is 40.6. The summed E-state index contributed by atoms with van der Waals surface area (Å²) in [4.78, 5) is 2.63. The minimum absolute atomic E-state index is 0.455. The molecule has 0 amide bonds. The van der Waals surface area contributed by atoms with Gasteiger partial charge < -0.3 is 5.73 Å². The number of hydrogen-bond donors (Lipinski definition) is 1. The van der Waals surface area contributed by atoms with E-state index >= 15 is 0 Å². The molecule has 13 heavy (non-hydrogen) atoms. The summed E-state index contributed by atoms with van der Waals surface area (Å²) in [5, 5.41) is 0. The maximum atomic E-state index is 5.97. The lowest BCUT2D eigenvalue weighted by atomic mass is 10.1. The molecule has 0 spiro atoms. The summed E-state index contributed by atoms with van der Waals surface area (Å²) in [6.45, 7) is 4.75. The number of hydrogen-bond acceptors (Lipinski definition) is 2. The van der Waals surface area contributed by atoms with Crippen molar-refractivity contribution in [3.05, 3.63) is 0 Å². The fourth-order valence-corrected chi connectivity index (χ4v) is 2.70. The SMILES string of the molecule is CCCC1CC1N1CCCC(N)C1. The van der Waals surface area contributed by atoms with Gasteiger partial charge in [-0.2, -0.15) is 0 Å². The van der Waals surface area contributed by atoms with Gasteiger partial charge in [0.15, 0.2) is 0 Å². The summed E-state index contributed by atoms with van der Waals surface area (Å²) in [5.74, 6) is 1.01. The van der Waals surface area contributed by atoms with Crippen molar-refractivity contribution in [2.45, 2.75) is 51.1 Å². The molecule has 1 heterocycles. The van der Waals surface area contributed by atoms with Crippen molar-refractivity contribution >= 4 is 0 Å². The van der Waals surface area contributed by atoms with Crippen LogP contribution in [-0.2, 0) is 0 Å². The quantitative estimate of drug-likeness (QED) is 0.718. The predicted octanol–water partition coefficient (Wildman–Crippen LogP) is 1.60. The second-order valence-electron chi connectivity index (χ2n) is 4.75. The van der Waals surface area contributed by atoms with Crippen molar-refractivity contribution in [1.82, 2.24) is 4.90 Å². The molecule has 2 aliphatic rings. The Morgan fingerprint density at radius 3 is 3.00 bits per heavy atom. The Kier molecular flexibility index (Phi) is 2.89. The van der Waals surface area contributed by atoms with E-state index in [-0.39, 0.29) is 0 Å². The number of rotatable bonds is 3. The highest BCUT2D eigenvalue weighted by atomic mass is 15.2. The number of nitrogens with two attached hydrogens (primary N) is 1. The van der Waals surface area contributed by atoms with Crippen LogP contribution in [0.5, 0.6) is 0 Å². The lowest BCUT2D eigenvalue weighted by Crippen LogP contribution is -2.44. The molecule has 0 aromatic rings. The van der Waals surface area contributed by atoms with Crippen molar-refractivity contribution < 1.29 is 0 Å². The standard InChI is InChI=1S/C11H22N2/c1-2-4-9-7-11(9)13-6-3-5-10(12)8-13/h9-11H,2-8,12H2,1H3. The lowest BCUT2D eigenvalue weighted by molar-refractivity contribution is 0.190. The minimum atomic E-state index is 0.455. The van der Waals surface area contributed by atoms with Gasteiger partial charge in [-0.1, -0.05) is 13.3 Å². The van der Waals surface area contributed by atoms with Gasteiger partial charge in [0.25, 0.3) is 0 Å². The van der Waals surface area contributed by atoms with Crippen LogP contribution >= 0.6 is 0 Å². The summed E-state index contributed by atoms with van der Waals surface area (Å²) >= 11 is 0. The molecule has 1 aliphatic heterocycles. The molecule has 3 atom stereocenters. The van der Waals surface area contributed by atoms with Gasteiger partial charge >= 0.3 is 0 Å². The molecule has 2 rings (SSSR count). The first-order valence-corrected chi connectivity index (χ1v) is 5.81. The van der Waals surface area contributed by atoms with E-state index in [2.05, 4.69) is 11.8 Å². The highest BCUT2D eigenvalue weighted by Gasteiger charge is 2.41. The molecule has 1 aliphatic carbocycles. The van der Waals surface area contributed by atoms with E-state index in [4.69, 9.17) is 5.73 Å². The molecule has 2 N–H and O–H groups in total. The van der Waals surface area contributed by atoms with E-state index in [0.29, 0.717) is 6.04 Å². The largest absolute Gasteiger partial charge is 0.327 e. The summed E-state index contributed by atoms with van der Waals surface area (Å²) in [6, 6.07) is 1.36. The van der Waals surface area contributed by atoms with Gasteiger partial charge in [-0.25, -0.2) is 0 Å². The Balaban J connectivity index is 1.75. The van der Waals surface area contributed by atoms with Gasteiger partial charge in [0.2, 0.25) is 0 Å². The van der Waals surface area contributed by atoms with Crippen LogP contribution in [0, 0.1) is 5.92 Å². The van der Waals surface area contributed by atoms with Crippen LogP contribution in [0.2, 0.25) is 0 Å². The topological polar surface area (TPSA) is 29.3 Å². The van der Waals surface area contributed by atoms with Gasteiger partial charge in [-0.3, -0.25) is 4.90 Å². The highest BCUT2D eigenvalue weighted by molar-refractivity contribution is 4.96. The van der Waals surface area contributed by atoms with Crippen LogP contribution in [-0.4, -0.2) is 30.1 Å². The van der Waals surface area contributed by atoms with Crippen LogP contribution in [0.4, 0.5) is 0 Å². The van der Waals surface area contributed by atoms with Gasteiger partial charge in [0.1, 0.15) is 0 Å². The zero-order chi connectivity index (χ0) is 9.26. The zero-order valence-electron chi connectivity index (χ0n) is 8.71. The average Bonchev–Trinajstić information content (AvgIpc) is 2.85. The summed E-state index contributed by atoms with van der Waals surface area (Å²) in [7, 11) is 0. The molecular formula is C11H22N2. The van der Waals surface area contributed by atoms with Crippen LogP contribution in [0.1, 0.15) is 39.0 Å². The monoisotopic (exact) mass is 182 g/mol. The smallest absolute Gasteiger partial charge is 0.0168 e. The molecule has 3 unspecified atom stereocenters. The van der Waals surface area contributed by atoms with Crippen molar-refractivity contribution in [3.8, 4) is 0 Å². The second-order valence-corrected chi connectivity index (χ2v) is 4.75. The summed E-state index contributed by atoms with van der Waals surface area (Å²) in [5.41, 5.74) is 5.97. The van der Waals surface area contributed by atoms with Crippen LogP contribution in [0.15, 0.2) is 0 Å². The van der Waals surface area contributed by atoms with Crippen molar-refractivity contribution in [1.29, 1.82) is 0 Å². The molecule has 2 fully saturated rings. The Bertz CT molecular complexity index is 169. The Hall–Kier alpha value is -0.0800. The summed E-state index contributed by atoms with van der Waals surface area (Å²) in [6.07, 6.45) is 6.77. The van der Waals surface area contributed by atoms with Crippen molar-refractivity contribution in [2.75, 3.05) is 13.1 Å². The van der Waals surface area contributed by atoms with E-state index in [1.54, 1.807) is 0 Å². The van der Waals surface area contributed by atoms with E-state index in [9.17, 15) is 0 Å². The number of likely N-dealkylation sites (tertiary alicyclic amines) is 1. The third-order valence-corrected chi connectivity index (χ3v) is 3.50. The number of nitrogens with zero attached hydrogens (tertiary/aromatic N) is 1. The van der Waals surface area contributed by atoms with Crippen molar-refractivity contribution in [3.63, 3.8) is 0 Å². The molecule has 1 saturated carbocycles. The third-order valence-electron chi connectivity index (χ3n) is 3.50. The molecule has 2 nitrogen and oxygen atoms in total. The Labute approximate surface area is 81.5 Å². The van der Waals surface area contributed by atoms with Gasteiger partial charge in [-0.15, -0.1) is 0 Å². The third kappa shape index (κ3) is 2.23. The fraction of sp³-hybridized carbons (Fsp3) is 1.00. The molecule has 1 saturated heterocycles. The first-order valence-electron chi connectivity index (χ1n) is 5.81. The minimum Gasteiger partial charge on any atom is -0.327 e. The van der Waals surface area contributed by atoms with Crippen LogP contribution < -0.4 is 5.73 Å². The first kappa shape index (κ1) is 9.47. The van der Waals surface area contributed by atoms with Gasteiger partial charge in [0, 0.05) is 18.6 Å². The Morgan fingerprint density at radius 2 is 2.31 bits per heavy atom. The van der Waals surface area contributed by atoms with E-state index in [1.165, 1.54) is 38.6 Å². The zero-order valence-corrected chi connectivity index (χ0v) is 8.71. The molecule has 2 heteroatoms. The van der Waals surface area contributed by atoms with E-state index in [0.717, 1.165) is 18.5 Å². The number of piperidine rings is 1. The van der Waals surface area contributed by atoms with E-state index < -0.39 is 0 Å². The van der Waals surface area contributed by atoms with Crippen molar-refractivity contribution in [2.24, 2.45) is 11.7 Å². The maximum absolute atomic E-state index is 5.97. The average molecular weight is 182 g/mol. The molecule has 0 bridgehead atoms. The summed E-state index contributed by atoms with van der Waals surface area (Å²) < 4.78 is 0. The maximum Gasteiger partial charge on any atom is 0.0168 e. The van der Waals surface area contributed by atoms with E-state index in [1.807, 2.05) is 0 Å².